The summed E-state index contributed by atoms with van der Waals surface area (Å²) in [5.41, 5.74) is -0.0548. The maximum absolute atomic E-state index is 12.2. The van der Waals surface area contributed by atoms with Crippen molar-refractivity contribution in [2.45, 2.75) is 57.7 Å². The quantitative estimate of drug-likeness (QED) is 0.467. The molecule has 5 atom stereocenters. The molecule has 1 N–H and O–H groups in total. The number of esters is 2. The number of rotatable bonds is 2. The van der Waals surface area contributed by atoms with Crippen LogP contribution >= 0.6 is 0 Å². The summed E-state index contributed by atoms with van der Waals surface area (Å²) >= 11 is 0. The van der Waals surface area contributed by atoms with Crippen molar-refractivity contribution in [3.05, 3.63) is 36.0 Å². The van der Waals surface area contributed by atoms with Crippen LogP contribution in [-0.4, -0.2) is 40.6 Å². The van der Waals surface area contributed by atoms with Gasteiger partial charge < -0.3 is 19.3 Å². The van der Waals surface area contributed by atoms with Gasteiger partial charge in [0.1, 0.15) is 12.2 Å². The third-order valence-corrected chi connectivity index (χ3v) is 5.04. The molecule has 6 heteroatoms. The maximum atomic E-state index is 12.2. The molecule has 1 saturated heterocycles. The molecule has 0 amide bonds. The highest BCUT2D eigenvalue weighted by molar-refractivity contribution is 5.91. The minimum Gasteiger partial charge on any atom is -0.461 e. The van der Waals surface area contributed by atoms with E-state index >= 15 is 0 Å². The third-order valence-electron chi connectivity index (χ3n) is 5.04. The first-order valence-corrected chi connectivity index (χ1v) is 8.47. The van der Waals surface area contributed by atoms with Gasteiger partial charge in [0.05, 0.1) is 17.4 Å². The first-order valence-electron chi connectivity index (χ1n) is 8.47. The monoisotopic (exact) mass is 348 g/mol. The first-order chi connectivity index (χ1) is 11.5. The van der Waals surface area contributed by atoms with Gasteiger partial charge >= 0.3 is 11.9 Å². The highest BCUT2D eigenvalue weighted by Gasteiger charge is 2.52. The Morgan fingerprint density at radius 1 is 1.44 bits per heavy atom. The van der Waals surface area contributed by atoms with Crippen LogP contribution in [0.4, 0.5) is 0 Å². The van der Waals surface area contributed by atoms with E-state index in [1.165, 1.54) is 0 Å². The van der Waals surface area contributed by atoms with Crippen molar-refractivity contribution in [2.24, 2.45) is 11.8 Å². The second kappa shape index (κ2) is 5.81. The van der Waals surface area contributed by atoms with Gasteiger partial charge in [-0.1, -0.05) is 26.5 Å². The summed E-state index contributed by atoms with van der Waals surface area (Å²) in [5.74, 6) is -3.26. The Balaban J connectivity index is 2.04. The SMILES string of the molecule is C=C1C(=O)O[C@@H]2/C=C(/C)[C@@]3(O)C=C[C@](C)(C[C@@H](OC(=O)C(C)C)[C@@H]12)O3. The van der Waals surface area contributed by atoms with Crippen molar-refractivity contribution >= 4 is 11.9 Å². The van der Waals surface area contributed by atoms with E-state index in [0.29, 0.717) is 5.57 Å². The number of aliphatic hydroxyl groups is 1. The largest absolute Gasteiger partial charge is 0.461 e. The molecular formula is C19H24O6. The summed E-state index contributed by atoms with van der Waals surface area (Å²) in [7, 11) is 0. The normalized spacial score (nSPS) is 42.2. The standard InChI is InChI=1S/C19H24O6/c1-10(2)16(20)24-14-9-18(5)6-7-19(22,25-18)11(3)8-13-15(14)12(4)17(21)23-13/h6-8,10,13-15,22H,4,9H2,1-3,5H3/b11-8-/t13-,14-,15+,18-,19-/m1/s1. The number of carbonyl (C=O) groups excluding carboxylic acids is 2. The number of carbonyl (C=O) groups is 2. The lowest BCUT2D eigenvalue weighted by molar-refractivity contribution is -0.190. The van der Waals surface area contributed by atoms with Crippen molar-refractivity contribution in [3.63, 3.8) is 0 Å². The molecule has 0 aromatic rings. The Kier molecular flexibility index (Phi) is 4.16. The molecule has 0 aromatic heterocycles. The fourth-order valence-electron chi connectivity index (χ4n) is 3.51. The molecule has 1 fully saturated rings. The van der Waals surface area contributed by atoms with Gasteiger partial charge in [-0.3, -0.25) is 4.79 Å². The molecule has 3 heterocycles. The Hall–Kier alpha value is -1.92. The van der Waals surface area contributed by atoms with E-state index in [1.807, 2.05) is 6.92 Å². The van der Waals surface area contributed by atoms with E-state index in [-0.39, 0.29) is 23.9 Å². The highest BCUT2D eigenvalue weighted by Crippen LogP contribution is 2.44. The topological polar surface area (TPSA) is 82.1 Å². The van der Waals surface area contributed by atoms with Crippen LogP contribution in [0.3, 0.4) is 0 Å². The molecule has 0 spiro atoms. The smallest absolute Gasteiger partial charge is 0.334 e. The second-order valence-corrected chi connectivity index (χ2v) is 7.55. The molecule has 0 aliphatic carbocycles. The van der Waals surface area contributed by atoms with Gasteiger partial charge in [0.25, 0.3) is 0 Å². The highest BCUT2D eigenvalue weighted by atomic mass is 16.6. The molecule has 0 radical (unpaired) electrons. The Morgan fingerprint density at radius 3 is 2.76 bits per heavy atom. The van der Waals surface area contributed by atoms with Crippen LogP contribution in [0.15, 0.2) is 36.0 Å². The first kappa shape index (κ1) is 17.9. The molecule has 0 aromatic carbocycles. The lowest BCUT2D eigenvalue weighted by atomic mass is 9.83. The lowest BCUT2D eigenvalue weighted by Crippen LogP contribution is -2.41. The van der Waals surface area contributed by atoms with Crippen LogP contribution in [0.2, 0.25) is 0 Å². The number of hydrogen-bond donors (Lipinski definition) is 1. The van der Waals surface area contributed by atoms with Gasteiger partial charge in [-0.2, -0.15) is 0 Å². The van der Waals surface area contributed by atoms with Gasteiger partial charge in [0.2, 0.25) is 5.79 Å². The molecule has 3 aliphatic rings. The van der Waals surface area contributed by atoms with Crippen LogP contribution in [-0.2, 0) is 23.8 Å². The van der Waals surface area contributed by atoms with E-state index in [2.05, 4.69) is 6.58 Å². The van der Waals surface area contributed by atoms with Gasteiger partial charge in [-0.15, -0.1) is 0 Å². The van der Waals surface area contributed by atoms with Crippen molar-refractivity contribution in [3.8, 4) is 0 Å². The average molecular weight is 348 g/mol. The molecule has 0 unspecified atom stereocenters. The molecule has 25 heavy (non-hydrogen) atoms. The van der Waals surface area contributed by atoms with Gasteiger partial charge in [-0.25, -0.2) is 4.79 Å². The fourth-order valence-corrected chi connectivity index (χ4v) is 3.51. The fraction of sp³-hybridized carbons (Fsp3) is 0.579. The zero-order valence-electron chi connectivity index (χ0n) is 14.9. The summed E-state index contributed by atoms with van der Waals surface area (Å²) in [4.78, 5) is 24.3. The van der Waals surface area contributed by atoms with Crippen molar-refractivity contribution < 1.29 is 28.9 Å². The Morgan fingerprint density at radius 2 is 2.12 bits per heavy atom. The van der Waals surface area contributed by atoms with E-state index < -0.39 is 35.5 Å². The van der Waals surface area contributed by atoms with Crippen LogP contribution < -0.4 is 0 Å². The van der Waals surface area contributed by atoms with Crippen LogP contribution in [0.1, 0.15) is 34.1 Å². The molecule has 6 nitrogen and oxygen atoms in total. The average Bonchev–Trinajstić information content (AvgIpc) is 2.97. The van der Waals surface area contributed by atoms with Crippen molar-refractivity contribution in [2.75, 3.05) is 0 Å². The van der Waals surface area contributed by atoms with E-state index in [4.69, 9.17) is 14.2 Å². The number of ether oxygens (including phenoxy) is 3. The zero-order valence-corrected chi connectivity index (χ0v) is 14.9. The van der Waals surface area contributed by atoms with E-state index in [0.717, 1.165) is 0 Å². The van der Waals surface area contributed by atoms with Gasteiger partial charge in [-0.05, 0) is 31.6 Å². The molecule has 3 aliphatic heterocycles. The Labute approximate surface area is 147 Å². The lowest BCUT2D eigenvalue weighted by Gasteiger charge is -2.33. The van der Waals surface area contributed by atoms with Crippen LogP contribution in [0, 0.1) is 11.8 Å². The molecule has 2 bridgehead atoms. The van der Waals surface area contributed by atoms with Crippen molar-refractivity contribution in [1.29, 1.82) is 0 Å². The predicted molar refractivity (Wildman–Crippen MR) is 89.2 cm³/mol. The van der Waals surface area contributed by atoms with Gasteiger partial charge in [0.15, 0.2) is 0 Å². The van der Waals surface area contributed by atoms with Crippen LogP contribution in [0.5, 0.6) is 0 Å². The summed E-state index contributed by atoms with van der Waals surface area (Å²) in [5, 5.41) is 10.7. The second-order valence-electron chi connectivity index (χ2n) is 7.55. The number of hydrogen-bond acceptors (Lipinski definition) is 6. The number of fused-ring (bicyclic) bond motifs is 3. The molecular weight excluding hydrogens is 324 g/mol. The van der Waals surface area contributed by atoms with Crippen LogP contribution in [0.25, 0.3) is 0 Å². The van der Waals surface area contributed by atoms with E-state index in [9.17, 15) is 14.7 Å². The summed E-state index contributed by atoms with van der Waals surface area (Å²) in [6, 6.07) is 0. The predicted octanol–water partition coefficient (Wildman–Crippen LogP) is 2.04. The molecule has 136 valence electrons. The third kappa shape index (κ3) is 3.04. The van der Waals surface area contributed by atoms with Crippen molar-refractivity contribution in [1.82, 2.24) is 0 Å². The minimum atomic E-state index is -1.56. The summed E-state index contributed by atoms with van der Waals surface area (Å²) < 4.78 is 17.0. The summed E-state index contributed by atoms with van der Waals surface area (Å²) in [6.07, 6.45) is 3.96. The maximum Gasteiger partial charge on any atom is 0.334 e. The molecule has 3 rings (SSSR count). The van der Waals surface area contributed by atoms with Gasteiger partial charge in [0, 0.05) is 12.0 Å². The minimum absolute atomic E-state index is 0.271. The van der Waals surface area contributed by atoms with E-state index in [1.54, 1.807) is 39.0 Å². The zero-order chi connectivity index (χ0) is 18.6. The molecule has 0 saturated carbocycles. The Bertz CT molecular complexity index is 690. The summed E-state index contributed by atoms with van der Waals surface area (Å²) in [6.45, 7) is 10.9.